The Kier molecular flexibility index (Phi) is 5.50. The highest BCUT2D eigenvalue weighted by molar-refractivity contribution is 5.81. The molecule has 4 rings (SSSR count). The van der Waals surface area contributed by atoms with Crippen LogP contribution in [0.1, 0.15) is 30.7 Å². The Hall–Kier alpha value is -3.26. The molecular weight excluding hydrogens is 385 g/mol. The Morgan fingerprint density at radius 3 is 3.07 bits per heavy atom. The minimum absolute atomic E-state index is 0.158. The second-order valence-electron chi connectivity index (χ2n) is 7.62. The third kappa shape index (κ3) is 3.91. The van der Waals surface area contributed by atoms with E-state index in [1.165, 1.54) is 11.6 Å². The van der Waals surface area contributed by atoms with Crippen molar-refractivity contribution in [3.63, 3.8) is 0 Å². The first kappa shape index (κ1) is 20.0. The predicted octanol–water partition coefficient (Wildman–Crippen LogP) is 3.40. The molecule has 0 radical (unpaired) electrons. The van der Waals surface area contributed by atoms with E-state index in [0.717, 1.165) is 31.1 Å². The fraction of sp³-hybridized carbons (Fsp3) is 0.318. The van der Waals surface area contributed by atoms with E-state index in [4.69, 9.17) is 15.0 Å². The number of nitrogen functional groups attached to an aromatic ring is 1. The Morgan fingerprint density at radius 1 is 1.47 bits per heavy atom. The molecule has 1 aromatic carbocycles. The Bertz CT molecular complexity index is 1010. The molecule has 0 saturated heterocycles. The van der Waals surface area contributed by atoms with Gasteiger partial charge in [-0.25, -0.2) is 4.39 Å². The van der Waals surface area contributed by atoms with E-state index in [9.17, 15) is 4.39 Å². The Morgan fingerprint density at radius 2 is 2.30 bits per heavy atom. The van der Waals surface area contributed by atoms with Gasteiger partial charge in [-0.1, -0.05) is 6.58 Å². The van der Waals surface area contributed by atoms with Gasteiger partial charge in [0, 0.05) is 36.7 Å². The average Bonchev–Trinajstić information content (AvgIpc) is 3.22. The number of rotatable bonds is 6. The van der Waals surface area contributed by atoms with Crippen LogP contribution in [0.4, 0.5) is 10.1 Å². The smallest absolute Gasteiger partial charge is 0.167 e. The summed E-state index contributed by atoms with van der Waals surface area (Å²) in [7, 11) is 0. The molecule has 0 unspecified atom stereocenters. The molecular formula is C22H26FN5O2. The fourth-order valence-electron chi connectivity index (χ4n) is 3.71. The van der Waals surface area contributed by atoms with E-state index in [2.05, 4.69) is 27.2 Å². The minimum Gasteiger partial charge on any atom is -0.488 e. The number of ether oxygens (including phenoxy) is 1. The number of nitrogens with zero attached hydrogens (tertiary/aromatic N) is 2. The normalized spacial score (nSPS) is 18.0. The number of hydrogen-bond acceptors (Lipinski definition) is 7. The number of anilines is 1. The summed E-state index contributed by atoms with van der Waals surface area (Å²) in [5.41, 5.74) is 5.51. The molecule has 1 aromatic heterocycles. The maximum Gasteiger partial charge on any atom is 0.167 e. The molecule has 3 heterocycles. The van der Waals surface area contributed by atoms with Crippen molar-refractivity contribution in [3.8, 4) is 5.75 Å². The number of halogens is 1. The van der Waals surface area contributed by atoms with Crippen molar-refractivity contribution < 1.29 is 13.5 Å². The average molecular weight is 411 g/mol. The van der Waals surface area contributed by atoms with E-state index in [0.29, 0.717) is 16.8 Å². The van der Waals surface area contributed by atoms with E-state index in [-0.39, 0.29) is 17.9 Å². The number of nitrogens with one attached hydrogen (secondary N) is 2. The lowest BCUT2D eigenvalue weighted by Crippen LogP contribution is -2.37. The molecule has 1 atom stereocenters. The standard InChI is InChI=1S/C22H26FN5O2/c1-13(2)30-21-8-16(19(27-24)9-17(21)23)14(3)18-10-22(26-12-25-18)28-6-4-20-15(11-28)5-7-29-20/h5,7-10,12-13,18,27H,3-4,6,11,24H2,1-2H3,(H,25,26)/t18-/m1/s1. The summed E-state index contributed by atoms with van der Waals surface area (Å²) in [6, 6.07) is 4.62. The van der Waals surface area contributed by atoms with Gasteiger partial charge < -0.3 is 24.8 Å². The first-order chi connectivity index (χ1) is 14.5. The summed E-state index contributed by atoms with van der Waals surface area (Å²) < 4.78 is 25.5. The molecule has 2 aliphatic heterocycles. The largest absolute Gasteiger partial charge is 0.488 e. The summed E-state index contributed by atoms with van der Waals surface area (Å²) in [5.74, 6) is 7.30. The van der Waals surface area contributed by atoms with Gasteiger partial charge in [0.1, 0.15) is 11.6 Å². The highest BCUT2D eigenvalue weighted by atomic mass is 19.1. The van der Waals surface area contributed by atoms with E-state index in [1.807, 2.05) is 26.0 Å². The van der Waals surface area contributed by atoms with Crippen molar-refractivity contribution in [2.45, 2.75) is 39.0 Å². The number of hydrazine groups is 1. The molecule has 2 aliphatic rings. The number of benzene rings is 1. The number of fused-ring (bicyclic) bond motifs is 1. The number of hydrogen-bond donors (Lipinski definition) is 3. The highest BCUT2D eigenvalue weighted by Crippen LogP contribution is 2.34. The second-order valence-corrected chi connectivity index (χ2v) is 7.62. The van der Waals surface area contributed by atoms with Gasteiger partial charge >= 0.3 is 0 Å². The van der Waals surface area contributed by atoms with Crippen molar-refractivity contribution in [1.82, 2.24) is 10.2 Å². The Balaban J connectivity index is 1.60. The van der Waals surface area contributed by atoms with E-state index < -0.39 is 5.82 Å². The zero-order valence-electron chi connectivity index (χ0n) is 17.1. The molecule has 0 spiro atoms. The summed E-state index contributed by atoms with van der Waals surface area (Å²) >= 11 is 0. The lowest BCUT2D eigenvalue weighted by Gasteiger charge is -2.32. The number of aliphatic imine (C=N–C) groups is 1. The third-order valence-electron chi connectivity index (χ3n) is 5.20. The maximum atomic E-state index is 14.4. The van der Waals surface area contributed by atoms with Crippen LogP contribution in [0.25, 0.3) is 5.57 Å². The van der Waals surface area contributed by atoms with E-state index >= 15 is 0 Å². The quantitative estimate of drug-likeness (QED) is 0.499. The zero-order valence-corrected chi connectivity index (χ0v) is 17.1. The van der Waals surface area contributed by atoms with Gasteiger partial charge in [-0.3, -0.25) is 10.8 Å². The van der Waals surface area contributed by atoms with Crippen molar-refractivity contribution in [2.75, 3.05) is 12.0 Å². The van der Waals surface area contributed by atoms with Crippen LogP contribution in [0.15, 0.2) is 52.3 Å². The van der Waals surface area contributed by atoms with Gasteiger partial charge in [0.05, 0.1) is 30.4 Å². The van der Waals surface area contributed by atoms with E-state index in [1.54, 1.807) is 18.7 Å². The van der Waals surface area contributed by atoms with Crippen LogP contribution in [0, 0.1) is 5.82 Å². The first-order valence-electron chi connectivity index (χ1n) is 9.92. The summed E-state index contributed by atoms with van der Waals surface area (Å²) in [5, 5.41) is 3.22. The molecule has 7 nitrogen and oxygen atoms in total. The minimum atomic E-state index is -0.484. The molecule has 8 heteroatoms. The summed E-state index contributed by atoms with van der Waals surface area (Å²) in [4.78, 5) is 6.75. The zero-order chi connectivity index (χ0) is 21.3. The molecule has 4 N–H and O–H groups in total. The van der Waals surface area contributed by atoms with Gasteiger partial charge in [-0.15, -0.1) is 0 Å². The van der Waals surface area contributed by atoms with Crippen LogP contribution >= 0.6 is 0 Å². The number of furan rings is 1. The van der Waals surface area contributed by atoms with Gasteiger partial charge in [-0.2, -0.15) is 0 Å². The van der Waals surface area contributed by atoms with Gasteiger partial charge in [0.15, 0.2) is 11.6 Å². The molecule has 0 aliphatic carbocycles. The van der Waals surface area contributed by atoms with Crippen LogP contribution in [-0.4, -0.2) is 29.9 Å². The summed E-state index contributed by atoms with van der Waals surface area (Å²) in [6.45, 7) is 9.51. The second kappa shape index (κ2) is 8.23. The molecule has 0 saturated carbocycles. The van der Waals surface area contributed by atoms with Crippen molar-refractivity contribution in [2.24, 2.45) is 10.8 Å². The molecule has 158 valence electrons. The van der Waals surface area contributed by atoms with Crippen molar-refractivity contribution in [3.05, 3.63) is 65.6 Å². The van der Waals surface area contributed by atoms with Crippen LogP contribution in [0.2, 0.25) is 0 Å². The fourth-order valence-corrected chi connectivity index (χ4v) is 3.71. The lowest BCUT2D eigenvalue weighted by molar-refractivity contribution is 0.231. The van der Waals surface area contributed by atoms with Gasteiger partial charge in [0.25, 0.3) is 0 Å². The predicted molar refractivity (Wildman–Crippen MR) is 115 cm³/mol. The molecule has 0 amide bonds. The Labute approximate surface area is 175 Å². The molecule has 30 heavy (non-hydrogen) atoms. The van der Waals surface area contributed by atoms with Crippen molar-refractivity contribution >= 4 is 17.6 Å². The number of nitrogens with two attached hydrogens (primary N) is 1. The molecule has 2 aromatic rings. The summed E-state index contributed by atoms with van der Waals surface area (Å²) in [6.07, 6.45) is 6.10. The van der Waals surface area contributed by atoms with Gasteiger partial charge in [-0.05, 0) is 37.6 Å². The van der Waals surface area contributed by atoms with Crippen molar-refractivity contribution in [1.29, 1.82) is 0 Å². The SMILES string of the molecule is C=C(c1cc(OC(C)C)c(F)cc1NN)[C@H]1C=C(N2CCc3occc3C2)NC=N1. The third-order valence-corrected chi connectivity index (χ3v) is 5.20. The topological polar surface area (TPSA) is 88.0 Å². The lowest BCUT2D eigenvalue weighted by atomic mass is 9.97. The monoisotopic (exact) mass is 411 g/mol. The van der Waals surface area contributed by atoms with Crippen LogP contribution < -0.4 is 21.3 Å². The van der Waals surface area contributed by atoms with Crippen LogP contribution in [0.5, 0.6) is 5.75 Å². The molecule has 0 bridgehead atoms. The first-order valence-corrected chi connectivity index (χ1v) is 9.92. The molecule has 0 fully saturated rings. The maximum absolute atomic E-state index is 14.4. The van der Waals surface area contributed by atoms with Gasteiger partial charge in [0.2, 0.25) is 0 Å². The highest BCUT2D eigenvalue weighted by Gasteiger charge is 2.24. The van der Waals surface area contributed by atoms with Crippen LogP contribution in [0.3, 0.4) is 0 Å². The van der Waals surface area contributed by atoms with Crippen LogP contribution in [-0.2, 0) is 13.0 Å².